The Morgan fingerprint density at radius 3 is 1.82 bits per heavy atom. The van der Waals surface area contributed by atoms with Crippen LogP contribution in [-0.2, 0) is 0 Å². The Balaban J connectivity index is 1.23. The molecule has 0 bridgehead atoms. The molecule has 8 rings (SSSR count). The Morgan fingerprint density at radius 2 is 1.09 bits per heavy atom. The van der Waals surface area contributed by atoms with Crippen LogP contribution in [0.4, 0.5) is 0 Å². The van der Waals surface area contributed by atoms with E-state index in [1.165, 1.54) is 0 Å². The van der Waals surface area contributed by atoms with E-state index in [4.69, 9.17) is 19.9 Å². The zero-order valence-corrected chi connectivity index (χ0v) is 24.6. The summed E-state index contributed by atoms with van der Waals surface area (Å²) >= 11 is 0. The highest BCUT2D eigenvalue weighted by atomic mass is 14.9. The van der Waals surface area contributed by atoms with E-state index in [1.807, 2.05) is 67.6 Å². The number of hydrogen-bond acceptors (Lipinski definition) is 5. The van der Waals surface area contributed by atoms with Crippen molar-refractivity contribution in [1.82, 2.24) is 24.9 Å². The first-order valence-electron chi connectivity index (χ1n) is 14.9. The molecule has 5 nitrogen and oxygen atoms in total. The summed E-state index contributed by atoms with van der Waals surface area (Å²) in [6.07, 6.45) is 1.79. The highest BCUT2D eigenvalue weighted by Gasteiger charge is 2.14. The Kier molecular flexibility index (Phi) is 6.61. The van der Waals surface area contributed by atoms with Crippen LogP contribution in [0.25, 0.3) is 78.2 Å². The summed E-state index contributed by atoms with van der Waals surface area (Å²) in [6, 6.07) is 47.4. The van der Waals surface area contributed by atoms with Gasteiger partial charge in [0.1, 0.15) is 0 Å². The Labute approximate surface area is 261 Å². The number of hydrogen-bond donors (Lipinski definition) is 0. The summed E-state index contributed by atoms with van der Waals surface area (Å²) in [6.45, 7) is 2.04. The average Bonchev–Trinajstić information content (AvgIpc) is 3.12. The quantitative estimate of drug-likeness (QED) is 0.191. The molecule has 8 aromatic rings. The summed E-state index contributed by atoms with van der Waals surface area (Å²) in [7, 11) is 0. The molecule has 0 N–H and O–H groups in total. The predicted molar refractivity (Wildman–Crippen MR) is 182 cm³/mol. The van der Waals surface area contributed by atoms with Gasteiger partial charge in [0.15, 0.2) is 5.82 Å². The minimum atomic E-state index is 0.656. The summed E-state index contributed by atoms with van der Waals surface area (Å²) in [5.41, 5.74) is 11.4. The number of aromatic nitrogens is 5. The van der Waals surface area contributed by atoms with Gasteiger partial charge >= 0.3 is 0 Å². The number of benzene rings is 4. The number of nitrogens with zero attached hydrogens (tertiary/aromatic N) is 5. The number of fused-ring (bicyclic) bond motifs is 3. The molecule has 4 heterocycles. The molecule has 0 saturated carbocycles. The number of aryl methyl sites for hydroxylation is 1. The lowest BCUT2D eigenvalue weighted by molar-refractivity contribution is 1.16. The van der Waals surface area contributed by atoms with Crippen LogP contribution in [0, 0.1) is 6.92 Å². The monoisotopic (exact) mass is 577 g/mol. The molecule has 4 aromatic heterocycles. The lowest BCUT2D eigenvalue weighted by Gasteiger charge is -2.12. The van der Waals surface area contributed by atoms with E-state index in [-0.39, 0.29) is 0 Å². The normalized spacial score (nSPS) is 11.2. The van der Waals surface area contributed by atoms with Crippen LogP contribution in [-0.4, -0.2) is 24.9 Å². The largest absolute Gasteiger partial charge is 0.255 e. The third-order valence-corrected chi connectivity index (χ3v) is 8.01. The SMILES string of the molecule is Cc1cc(-c2ccc(-c3nc(-c4ccccc4)cc(-c4ccccn4)n3)cc2)c2ccc3ccc(-c4ccccc4)nc3c2n1. The second-order valence-corrected chi connectivity index (χ2v) is 11.0. The van der Waals surface area contributed by atoms with Crippen LogP contribution in [0.3, 0.4) is 0 Å². The van der Waals surface area contributed by atoms with Crippen molar-refractivity contribution in [2.75, 3.05) is 0 Å². The molecule has 0 atom stereocenters. The first-order valence-corrected chi connectivity index (χ1v) is 14.9. The summed E-state index contributed by atoms with van der Waals surface area (Å²) < 4.78 is 0. The van der Waals surface area contributed by atoms with Gasteiger partial charge in [-0.15, -0.1) is 0 Å². The van der Waals surface area contributed by atoms with E-state index in [2.05, 4.69) is 83.8 Å². The van der Waals surface area contributed by atoms with Crippen molar-refractivity contribution in [1.29, 1.82) is 0 Å². The van der Waals surface area contributed by atoms with Crippen LogP contribution in [0.15, 0.2) is 146 Å². The van der Waals surface area contributed by atoms with Gasteiger partial charge in [-0.2, -0.15) is 0 Å². The third kappa shape index (κ3) is 5.11. The average molecular weight is 578 g/mol. The van der Waals surface area contributed by atoms with Gasteiger partial charge in [-0.05, 0) is 48.4 Å². The summed E-state index contributed by atoms with van der Waals surface area (Å²) in [5.74, 6) is 0.656. The van der Waals surface area contributed by atoms with Crippen molar-refractivity contribution in [2.24, 2.45) is 0 Å². The number of pyridine rings is 3. The van der Waals surface area contributed by atoms with E-state index in [0.29, 0.717) is 5.82 Å². The highest BCUT2D eigenvalue weighted by Crippen LogP contribution is 2.35. The second kappa shape index (κ2) is 11.2. The maximum atomic E-state index is 5.09. The van der Waals surface area contributed by atoms with Gasteiger partial charge in [0.2, 0.25) is 0 Å². The van der Waals surface area contributed by atoms with Crippen LogP contribution in [0.1, 0.15) is 5.69 Å². The molecule has 0 spiro atoms. The van der Waals surface area contributed by atoms with Crippen LogP contribution in [0.5, 0.6) is 0 Å². The zero-order valence-electron chi connectivity index (χ0n) is 24.6. The minimum Gasteiger partial charge on any atom is -0.255 e. The molecule has 0 saturated heterocycles. The van der Waals surface area contributed by atoms with Gasteiger partial charge in [-0.1, -0.05) is 109 Å². The zero-order chi connectivity index (χ0) is 30.2. The van der Waals surface area contributed by atoms with E-state index in [9.17, 15) is 0 Å². The Morgan fingerprint density at radius 1 is 0.422 bits per heavy atom. The molecule has 0 aliphatic carbocycles. The Bertz CT molecular complexity index is 2240. The fourth-order valence-corrected chi connectivity index (χ4v) is 5.79. The molecule has 0 radical (unpaired) electrons. The molecule has 0 unspecified atom stereocenters. The molecular weight excluding hydrogens is 550 g/mol. The molecule has 45 heavy (non-hydrogen) atoms. The van der Waals surface area contributed by atoms with E-state index in [1.54, 1.807) is 6.20 Å². The fourth-order valence-electron chi connectivity index (χ4n) is 5.79. The van der Waals surface area contributed by atoms with Crippen LogP contribution >= 0.6 is 0 Å². The third-order valence-electron chi connectivity index (χ3n) is 8.01. The van der Waals surface area contributed by atoms with Crippen LogP contribution < -0.4 is 0 Å². The van der Waals surface area contributed by atoms with Gasteiger partial charge in [0.25, 0.3) is 0 Å². The maximum absolute atomic E-state index is 5.09. The van der Waals surface area contributed by atoms with Crippen molar-refractivity contribution >= 4 is 21.8 Å². The molecule has 4 aromatic carbocycles. The molecule has 0 amide bonds. The lowest BCUT2D eigenvalue weighted by Crippen LogP contribution is -1.97. The number of rotatable bonds is 5. The van der Waals surface area contributed by atoms with E-state index < -0.39 is 0 Å². The van der Waals surface area contributed by atoms with Crippen molar-refractivity contribution in [3.05, 3.63) is 151 Å². The van der Waals surface area contributed by atoms with Gasteiger partial charge in [-0.25, -0.2) is 15.0 Å². The first-order chi connectivity index (χ1) is 22.2. The van der Waals surface area contributed by atoms with Crippen molar-refractivity contribution in [3.63, 3.8) is 0 Å². The maximum Gasteiger partial charge on any atom is 0.160 e. The van der Waals surface area contributed by atoms with Crippen LogP contribution in [0.2, 0.25) is 0 Å². The summed E-state index contributed by atoms with van der Waals surface area (Å²) in [4.78, 5) is 24.5. The molecule has 0 fully saturated rings. The van der Waals surface area contributed by atoms with Crippen molar-refractivity contribution in [3.8, 4) is 56.4 Å². The minimum absolute atomic E-state index is 0.656. The molecule has 212 valence electrons. The van der Waals surface area contributed by atoms with E-state index in [0.717, 1.165) is 78.1 Å². The summed E-state index contributed by atoms with van der Waals surface area (Å²) in [5, 5.41) is 2.14. The fraction of sp³-hybridized carbons (Fsp3) is 0.0250. The molecule has 5 heteroatoms. The van der Waals surface area contributed by atoms with Gasteiger partial charge < -0.3 is 0 Å². The molecular formula is C40H27N5. The highest BCUT2D eigenvalue weighted by molar-refractivity contribution is 6.08. The van der Waals surface area contributed by atoms with Gasteiger partial charge in [-0.3, -0.25) is 9.97 Å². The standard InChI is InChI=1S/C40H27N5/c1-26-24-33(32-21-19-30-20-22-34(28-10-4-2-5-11-28)43-38(30)39(32)42-26)27-15-17-31(18-16-27)40-44-36(29-12-6-3-7-13-29)25-37(45-40)35-14-8-9-23-41-35/h2-25H,1H3. The van der Waals surface area contributed by atoms with Gasteiger partial charge in [0, 0.05) is 39.4 Å². The van der Waals surface area contributed by atoms with Crippen molar-refractivity contribution in [2.45, 2.75) is 6.92 Å². The topological polar surface area (TPSA) is 64.5 Å². The first kappa shape index (κ1) is 26.5. The lowest BCUT2D eigenvalue weighted by atomic mass is 9.97. The smallest absolute Gasteiger partial charge is 0.160 e. The molecule has 0 aliphatic heterocycles. The van der Waals surface area contributed by atoms with E-state index >= 15 is 0 Å². The van der Waals surface area contributed by atoms with Crippen molar-refractivity contribution < 1.29 is 0 Å². The molecule has 0 aliphatic rings. The second-order valence-electron chi connectivity index (χ2n) is 11.0. The predicted octanol–water partition coefficient (Wildman–Crippen LogP) is 9.61. The Hall–Kier alpha value is -6.07. The van der Waals surface area contributed by atoms with Gasteiger partial charge in [0.05, 0.1) is 33.8 Å².